The second-order valence-corrected chi connectivity index (χ2v) is 3.88. The normalized spacial score (nSPS) is 20.9. The molecule has 2 heterocycles. The van der Waals surface area contributed by atoms with E-state index in [1.165, 1.54) is 0 Å². The standard InChI is InChI=1S/C11H13N3O/c1-2-11-8(6-12-14-11)5-9(1)13-10-3-4-15-7-10/h1-2,5-6,10,13H,3-4,7H2,(H,12,14). The van der Waals surface area contributed by atoms with E-state index in [0.717, 1.165) is 36.2 Å². The summed E-state index contributed by atoms with van der Waals surface area (Å²) in [6.07, 6.45) is 2.93. The first-order valence-electron chi connectivity index (χ1n) is 5.19. The fraction of sp³-hybridized carbons (Fsp3) is 0.364. The molecular formula is C11H13N3O. The lowest BCUT2D eigenvalue weighted by Crippen LogP contribution is -2.18. The molecule has 4 heteroatoms. The molecule has 0 saturated carbocycles. The molecule has 1 unspecified atom stereocenters. The Balaban J connectivity index is 1.84. The van der Waals surface area contributed by atoms with Crippen LogP contribution in [-0.4, -0.2) is 29.5 Å². The van der Waals surface area contributed by atoms with E-state index in [9.17, 15) is 0 Å². The minimum Gasteiger partial charge on any atom is -0.380 e. The van der Waals surface area contributed by atoms with Gasteiger partial charge in [-0.3, -0.25) is 5.10 Å². The van der Waals surface area contributed by atoms with E-state index < -0.39 is 0 Å². The predicted molar refractivity (Wildman–Crippen MR) is 58.9 cm³/mol. The van der Waals surface area contributed by atoms with Gasteiger partial charge in [-0.15, -0.1) is 0 Å². The van der Waals surface area contributed by atoms with Crippen molar-refractivity contribution < 1.29 is 4.74 Å². The molecule has 3 rings (SSSR count). The predicted octanol–water partition coefficient (Wildman–Crippen LogP) is 1.76. The van der Waals surface area contributed by atoms with Crippen LogP contribution in [0, 0.1) is 0 Å². The fourth-order valence-corrected chi connectivity index (χ4v) is 1.92. The average molecular weight is 203 g/mol. The van der Waals surface area contributed by atoms with Gasteiger partial charge >= 0.3 is 0 Å². The SMILES string of the molecule is c1cc2[nH]ncc2cc1NC1CCOC1. The fourth-order valence-electron chi connectivity index (χ4n) is 1.92. The zero-order valence-corrected chi connectivity index (χ0v) is 8.36. The lowest BCUT2D eigenvalue weighted by atomic mass is 10.2. The van der Waals surface area contributed by atoms with E-state index in [2.05, 4.69) is 27.6 Å². The second-order valence-electron chi connectivity index (χ2n) is 3.88. The Morgan fingerprint density at radius 1 is 1.47 bits per heavy atom. The largest absolute Gasteiger partial charge is 0.380 e. The molecule has 15 heavy (non-hydrogen) atoms. The molecule has 0 aliphatic carbocycles. The van der Waals surface area contributed by atoms with Crippen molar-refractivity contribution in [3.63, 3.8) is 0 Å². The molecular weight excluding hydrogens is 190 g/mol. The topological polar surface area (TPSA) is 49.9 Å². The second kappa shape index (κ2) is 3.55. The van der Waals surface area contributed by atoms with Gasteiger partial charge in [0.05, 0.1) is 24.4 Å². The summed E-state index contributed by atoms with van der Waals surface area (Å²) in [7, 11) is 0. The number of aromatic amines is 1. The summed E-state index contributed by atoms with van der Waals surface area (Å²) < 4.78 is 5.32. The van der Waals surface area contributed by atoms with E-state index in [1.807, 2.05) is 12.3 Å². The van der Waals surface area contributed by atoms with Gasteiger partial charge in [-0.2, -0.15) is 5.10 Å². The Morgan fingerprint density at radius 2 is 2.47 bits per heavy atom. The van der Waals surface area contributed by atoms with Crippen LogP contribution in [0.1, 0.15) is 6.42 Å². The van der Waals surface area contributed by atoms with Crippen molar-refractivity contribution in [2.75, 3.05) is 18.5 Å². The van der Waals surface area contributed by atoms with Crippen LogP contribution in [0.2, 0.25) is 0 Å². The summed E-state index contributed by atoms with van der Waals surface area (Å²) in [4.78, 5) is 0. The highest BCUT2D eigenvalue weighted by Crippen LogP contribution is 2.19. The molecule has 0 bridgehead atoms. The lowest BCUT2D eigenvalue weighted by Gasteiger charge is -2.11. The van der Waals surface area contributed by atoms with E-state index >= 15 is 0 Å². The van der Waals surface area contributed by atoms with E-state index in [4.69, 9.17) is 4.74 Å². The Morgan fingerprint density at radius 3 is 3.33 bits per heavy atom. The first-order chi connectivity index (χ1) is 7.42. The molecule has 1 aliphatic heterocycles. The van der Waals surface area contributed by atoms with Crippen molar-refractivity contribution in [2.24, 2.45) is 0 Å². The zero-order valence-electron chi connectivity index (χ0n) is 8.36. The number of H-pyrrole nitrogens is 1. The van der Waals surface area contributed by atoms with E-state index in [0.29, 0.717) is 6.04 Å². The summed E-state index contributed by atoms with van der Waals surface area (Å²) in [6, 6.07) is 6.67. The van der Waals surface area contributed by atoms with Crippen molar-refractivity contribution in [1.29, 1.82) is 0 Å². The van der Waals surface area contributed by atoms with Crippen molar-refractivity contribution in [2.45, 2.75) is 12.5 Å². The summed E-state index contributed by atoms with van der Waals surface area (Å²) in [5, 5.41) is 11.5. The van der Waals surface area contributed by atoms with Crippen molar-refractivity contribution >= 4 is 16.6 Å². The maximum Gasteiger partial charge on any atom is 0.0668 e. The maximum absolute atomic E-state index is 5.32. The number of benzene rings is 1. The van der Waals surface area contributed by atoms with Crippen molar-refractivity contribution in [3.8, 4) is 0 Å². The first kappa shape index (κ1) is 8.73. The Bertz CT molecular complexity index is 460. The summed E-state index contributed by atoms with van der Waals surface area (Å²) >= 11 is 0. The third kappa shape index (κ3) is 1.68. The smallest absolute Gasteiger partial charge is 0.0668 e. The third-order valence-corrected chi connectivity index (χ3v) is 2.74. The maximum atomic E-state index is 5.32. The highest BCUT2D eigenvalue weighted by Gasteiger charge is 2.14. The van der Waals surface area contributed by atoms with Crippen LogP contribution in [0.25, 0.3) is 10.9 Å². The molecule has 1 aliphatic rings. The molecule has 1 aromatic heterocycles. The summed E-state index contributed by atoms with van der Waals surface area (Å²) in [5.74, 6) is 0. The van der Waals surface area contributed by atoms with Gasteiger partial charge in [0, 0.05) is 17.7 Å². The van der Waals surface area contributed by atoms with Gasteiger partial charge in [0.25, 0.3) is 0 Å². The molecule has 1 atom stereocenters. The van der Waals surface area contributed by atoms with Gasteiger partial charge in [0.2, 0.25) is 0 Å². The Labute approximate surface area is 87.6 Å². The molecule has 4 nitrogen and oxygen atoms in total. The average Bonchev–Trinajstić information content (AvgIpc) is 2.87. The minimum atomic E-state index is 0.453. The van der Waals surface area contributed by atoms with Crippen LogP contribution >= 0.6 is 0 Å². The number of ether oxygens (including phenoxy) is 1. The number of rotatable bonds is 2. The molecule has 0 radical (unpaired) electrons. The number of nitrogens with zero attached hydrogens (tertiary/aromatic N) is 1. The van der Waals surface area contributed by atoms with Crippen LogP contribution in [0.15, 0.2) is 24.4 Å². The van der Waals surface area contributed by atoms with Crippen molar-refractivity contribution in [3.05, 3.63) is 24.4 Å². The van der Waals surface area contributed by atoms with Crippen LogP contribution in [0.4, 0.5) is 5.69 Å². The van der Waals surface area contributed by atoms with E-state index in [1.54, 1.807) is 0 Å². The first-order valence-corrected chi connectivity index (χ1v) is 5.19. The molecule has 0 spiro atoms. The lowest BCUT2D eigenvalue weighted by molar-refractivity contribution is 0.195. The summed E-state index contributed by atoms with van der Waals surface area (Å²) in [6.45, 7) is 1.68. The van der Waals surface area contributed by atoms with Crippen LogP contribution < -0.4 is 5.32 Å². The number of hydrogen-bond acceptors (Lipinski definition) is 3. The van der Waals surface area contributed by atoms with Crippen LogP contribution in [0.3, 0.4) is 0 Å². The number of fused-ring (bicyclic) bond motifs is 1. The molecule has 2 aromatic rings. The van der Waals surface area contributed by atoms with Crippen molar-refractivity contribution in [1.82, 2.24) is 10.2 Å². The van der Waals surface area contributed by atoms with Gasteiger partial charge < -0.3 is 10.1 Å². The molecule has 2 N–H and O–H groups in total. The summed E-state index contributed by atoms with van der Waals surface area (Å²) in [5.41, 5.74) is 2.21. The number of hydrogen-bond donors (Lipinski definition) is 2. The molecule has 1 fully saturated rings. The van der Waals surface area contributed by atoms with Gasteiger partial charge in [-0.05, 0) is 24.6 Å². The Kier molecular flexibility index (Phi) is 2.07. The Hall–Kier alpha value is -1.55. The quantitative estimate of drug-likeness (QED) is 0.782. The highest BCUT2D eigenvalue weighted by molar-refractivity contribution is 5.81. The molecule has 1 saturated heterocycles. The third-order valence-electron chi connectivity index (χ3n) is 2.74. The van der Waals surface area contributed by atoms with Gasteiger partial charge in [0.1, 0.15) is 0 Å². The van der Waals surface area contributed by atoms with Gasteiger partial charge in [-0.1, -0.05) is 0 Å². The van der Waals surface area contributed by atoms with Crippen LogP contribution in [-0.2, 0) is 4.74 Å². The molecule has 1 aromatic carbocycles. The number of nitrogens with one attached hydrogen (secondary N) is 2. The molecule has 0 amide bonds. The monoisotopic (exact) mass is 203 g/mol. The zero-order chi connectivity index (χ0) is 10.1. The highest BCUT2D eigenvalue weighted by atomic mass is 16.5. The number of anilines is 1. The number of aromatic nitrogens is 2. The van der Waals surface area contributed by atoms with Gasteiger partial charge in [-0.25, -0.2) is 0 Å². The van der Waals surface area contributed by atoms with E-state index in [-0.39, 0.29) is 0 Å². The van der Waals surface area contributed by atoms with Gasteiger partial charge in [0.15, 0.2) is 0 Å². The molecule has 78 valence electrons. The minimum absolute atomic E-state index is 0.453. The van der Waals surface area contributed by atoms with Crippen LogP contribution in [0.5, 0.6) is 0 Å².